The Balaban J connectivity index is 1.58. The monoisotopic (exact) mass is 469 g/mol. The number of alkyl halides is 3. The molecule has 1 aliphatic heterocycles. The average molecular weight is 469 g/mol. The van der Waals surface area contributed by atoms with Crippen molar-refractivity contribution in [2.75, 3.05) is 13.2 Å². The van der Waals surface area contributed by atoms with Crippen molar-refractivity contribution in [3.8, 4) is 39.7 Å². The number of ether oxygens (including phenoxy) is 2. The minimum Gasteiger partial charge on any atom is -0.417 e. The molecule has 1 unspecified atom stereocenters. The number of hydrogen-bond donors (Lipinski definition) is 1. The zero-order valence-electron chi connectivity index (χ0n) is 17.6. The van der Waals surface area contributed by atoms with Gasteiger partial charge in [-0.15, -0.1) is 0 Å². The highest BCUT2D eigenvalue weighted by Gasteiger charge is 2.42. The number of halogens is 3. The van der Waals surface area contributed by atoms with E-state index in [1.807, 2.05) is 30.3 Å². The number of hydrogen-bond acceptors (Lipinski definition) is 6. The van der Waals surface area contributed by atoms with Crippen LogP contribution in [0.15, 0.2) is 61.2 Å². The molecular formula is C23H18F3N5O3. The lowest BCUT2D eigenvalue weighted by atomic mass is 10.1. The summed E-state index contributed by atoms with van der Waals surface area (Å²) in [5.41, 5.74) is 2.12. The van der Waals surface area contributed by atoms with Gasteiger partial charge in [0.1, 0.15) is 5.69 Å². The summed E-state index contributed by atoms with van der Waals surface area (Å²) in [5.74, 6) is -2.56. The van der Waals surface area contributed by atoms with Gasteiger partial charge in [0.25, 0.3) is 0 Å². The van der Waals surface area contributed by atoms with Crippen molar-refractivity contribution in [3.63, 3.8) is 0 Å². The van der Waals surface area contributed by atoms with E-state index < -0.39 is 12.1 Å². The van der Waals surface area contributed by atoms with Gasteiger partial charge in [0.15, 0.2) is 11.6 Å². The molecule has 0 saturated carbocycles. The third kappa shape index (κ3) is 4.29. The van der Waals surface area contributed by atoms with E-state index in [1.54, 1.807) is 10.9 Å². The molecule has 0 bridgehead atoms. The number of carbonyl (C=O) groups excluding carboxylic acids is 1. The highest BCUT2D eigenvalue weighted by Crippen LogP contribution is 2.38. The first kappa shape index (κ1) is 21.8. The number of aromatic nitrogens is 5. The molecule has 0 spiro atoms. The molecule has 0 amide bonds. The van der Waals surface area contributed by atoms with Crippen molar-refractivity contribution in [2.45, 2.75) is 18.6 Å². The number of aromatic amines is 1. The van der Waals surface area contributed by atoms with Gasteiger partial charge in [-0.25, -0.2) is 14.8 Å². The van der Waals surface area contributed by atoms with Gasteiger partial charge in [-0.2, -0.15) is 18.3 Å². The van der Waals surface area contributed by atoms with Gasteiger partial charge in [-0.1, -0.05) is 30.3 Å². The zero-order valence-corrected chi connectivity index (χ0v) is 17.6. The Morgan fingerprint density at radius 1 is 1.12 bits per heavy atom. The minimum atomic E-state index is -5.19. The highest BCUT2D eigenvalue weighted by atomic mass is 19.4. The first-order chi connectivity index (χ1) is 16.4. The van der Waals surface area contributed by atoms with Crippen LogP contribution in [-0.2, 0) is 9.53 Å². The normalized spacial score (nSPS) is 16.0. The molecular weight excluding hydrogens is 451 g/mol. The molecule has 1 aliphatic rings. The maximum Gasteiger partial charge on any atom is 0.491 e. The van der Waals surface area contributed by atoms with Crippen LogP contribution in [0.4, 0.5) is 13.2 Å². The van der Waals surface area contributed by atoms with Gasteiger partial charge >= 0.3 is 12.1 Å². The summed E-state index contributed by atoms with van der Waals surface area (Å²) in [5, 5.41) is 4.32. The summed E-state index contributed by atoms with van der Waals surface area (Å²) in [7, 11) is 0. The van der Waals surface area contributed by atoms with Crippen molar-refractivity contribution in [3.05, 3.63) is 61.2 Å². The Labute approximate surface area is 191 Å². The lowest BCUT2D eigenvalue weighted by Gasteiger charge is -2.13. The maximum atomic E-state index is 13.1. The summed E-state index contributed by atoms with van der Waals surface area (Å²) in [6.07, 6.45) is 1.71. The Morgan fingerprint density at radius 2 is 1.94 bits per heavy atom. The lowest BCUT2D eigenvalue weighted by molar-refractivity contribution is -0.189. The van der Waals surface area contributed by atoms with Crippen LogP contribution in [0.5, 0.6) is 5.75 Å². The van der Waals surface area contributed by atoms with Gasteiger partial charge in [0.05, 0.1) is 30.7 Å². The van der Waals surface area contributed by atoms with E-state index in [9.17, 15) is 18.0 Å². The van der Waals surface area contributed by atoms with E-state index in [4.69, 9.17) is 9.47 Å². The number of carbonyl (C=O) groups is 1. The summed E-state index contributed by atoms with van der Waals surface area (Å²) in [6.45, 7) is 1.10. The van der Waals surface area contributed by atoms with E-state index >= 15 is 0 Å². The molecule has 174 valence electrons. The second-order valence-corrected chi connectivity index (χ2v) is 7.66. The molecule has 3 aromatic heterocycles. The number of esters is 1. The smallest absolute Gasteiger partial charge is 0.417 e. The molecule has 1 atom stereocenters. The molecule has 1 N–H and O–H groups in total. The summed E-state index contributed by atoms with van der Waals surface area (Å²) in [6, 6.07) is 10.7. The first-order valence-electron chi connectivity index (χ1n) is 10.4. The zero-order chi connectivity index (χ0) is 23.7. The quantitative estimate of drug-likeness (QED) is 0.435. The molecule has 5 rings (SSSR count). The topological polar surface area (TPSA) is 94.9 Å². The molecule has 11 heteroatoms. The third-order valence-electron chi connectivity index (χ3n) is 5.41. The number of rotatable bonds is 5. The van der Waals surface area contributed by atoms with Crippen LogP contribution in [0.3, 0.4) is 0 Å². The number of imidazole rings is 1. The molecule has 8 nitrogen and oxygen atoms in total. The van der Waals surface area contributed by atoms with Crippen molar-refractivity contribution in [2.24, 2.45) is 0 Å². The molecule has 4 aromatic rings. The number of H-pyrrole nitrogens is 1. The standard InChI is InChI=1S/C23H18F3N5O3/c24-23(25,26)22(32)34-20-17(15-10-29-31(12-15)16-7-9-33-13-16)6-8-27-19(20)21-28-11-18(30-21)14-4-2-1-3-5-14/h1-6,8,10-12,16H,7,9,13H2,(H,28,30). The fourth-order valence-electron chi connectivity index (χ4n) is 3.71. The number of pyridine rings is 1. The van der Waals surface area contributed by atoms with E-state index in [1.165, 1.54) is 24.7 Å². The molecule has 4 heterocycles. The van der Waals surface area contributed by atoms with Gasteiger partial charge in [-0.3, -0.25) is 4.68 Å². The Morgan fingerprint density at radius 3 is 2.68 bits per heavy atom. The van der Waals surface area contributed by atoms with E-state index in [0.29, 0.717) is 24.5 Å². The fraction of sp³-hybridized carbons (Fsp3) is 0.217. The highest BCUT2D eigenvalue weighted by molar-refractivity contribution is 5.85. The molecule has 1 aromatic carbocycles. The Hall–Kier alpha value is -3.99. The van der Waals surface area contributed by atoms with Gasteiger partial charge in [-0.05, 0) is 18.1 Å². The minimum absolute atomic E-state index is 0.0229. The summed E-state index contributed by atoms with van der Waals surface area (Å²) >= 11 is 0. The molecule has 0 radical (unpaired) electrons. The molecule has 34 heavy (non-hydrogen) atoms. The first-order valence-corrected chi connectivity index (χ1v) is 10.4. The number of benzene rings is 1. The summed E-state index contributed by atoms with van der Waals surface area (Å²) in [4.78, 5) is 23.3. The third-order valence-corrected chi connectivity index (χ3v) is 5.41. The van der Waals surface area contributed by atoms with Crippen LogP contribution < -0.4 is 4.74 Å². The fourth-order valence-corrected chi connectivity index (χ4v) is 3.71. The summed E-state index contributed by atoms with van der Waals surface area (Å²) < 4.78 is 51.2. The van der Waals surface area contributed by atoms with Crippen LogP contribution in [-0.4, -0.2) is 50.1 Å². The van der Waals surface area contributed by atoms with Gasteiger partial charge in [0, 0.05) is 30.1 Å². The predicted octanol–water partition coefficient (Wildman–Crippen LogP) is 4.43. The maximum absolute atomic E-state index is 13.1. The average Bonchev–Trinajstić information content (AvgIpc) is 3.61. The van der Waals surface area contributed by atoms with Crippen molar-refractivity contribution >= 4 is 5.97 Å². The van der Waals surface area contributed by atoms with Crippen LogP contribution in [0.2, 0.25) is 0 Å². The van der Waals surface area contributed by atoms with Gasteiger partial charge in [0.2, 0.25) is 0 Å². The second kappa shape index (κ2) is 8.75. The second-order valence-electron chi connectivity index (χ2n) is 7.66. The predicted molar refractivity (Wildman–Crippen MR) is 115 cm³/mol. The SMILES string of the molecule is O=C(Oc1c(-c2cnn(C3CCOC3)c2)ccnc1-c1ncc(-c2ccccc2)[nH]1)C(F)(F)F. The molecule has 0 aliphatic carbocycles. The van der Waals surface area contributed by atoms with E-state index in [2.05, 4.69) is 20.1 Å². The van der Waals surface area contributed by atoms with Crippen LogP contribution >= 0.6 is 0 Å². The van der Waals surface area contributed by atoms with Gasteiger partial charge < -0.3 is 14.5 Å². The molecule has 1 saturated heterocycles. The lowest BCUT2D eigenvalue weighted by Crippen LogP contribution is -2.28. The Kier molecular flexibility index (Phi) is 5.62. The van der Waals surface area contributed by atoms with E-state index in [0.717, 1.165) is 12.0 Å². The number of nitrogens with zero attached hydrogens (tertiary/aromatic N) is 4. The van der Waals surface area contributed by atoms with Crippen LogP contribution in [0.25, 0.3) is 33.9 Å². The van der Waals surface area contributed by atoms with Crippen LogP contribution in [0.1, 0.15) is 12.5 Å². The van der Waals surface area contributed by atoms with E-state index in [-0.39, 0.29) is 28.9 Å². The largest absolute Gasteiger partial charge is 0.491 e. The van der Waals surface area contributed by atoms with Crippen molar-refractivity contribution in [1.29, 1.82) is 0 Å². The van der Waals surface area contributed by atoms with Crippen molar-refractivity contribution < 1.29 is 27.4 Å². The van der Waals surface area contributed by atoms with Crippen molar-refractivity contribution in [1.82, 2.24) is 24.7 Å². The Bertz CT molecular complexity index is 1310. The van der Waals surface area contributed by atoms with Crippen LogP contribution in [0, 0.1) is 0 Å². The number of nitrogens with one attached hydrogen (secondary N) is 1. The molecule has 1 fully saturated rings.